The normalized spacial score (nSPS) is 10.2. The summed E-state index contributed by atoms with van der Waals surface area (Å²) in [7, 11) is 1.75. The van der Waals surface area contributed by atoms with Crippen molar-refractivity contribution in [3.8, 4) is 11.4 Å². The Morgan fingerprint density at radius 2 is 2.31 bits per heavy atom. The number of pyridine rings is 1. The number of nitrogens with zero attached hydrogens (tertiary/aromatic N) is 4. The molecule has 2 aromatic rings. The quantitative estimate of drug-likeness (QED) is 0.683. The molecule has 0 saturated carbocycles. The molecule has 13 heavy (non-hydrogen) atoms. The van der Waals surface area contributed by atoms with Gasteiger partial charge in [-0.05, 0) is 12.1 Å². The summed E-state index contributed by atoms with van der Waals surface area (Å²) in [6.07, 6.45) is 3.41. The van der Waals surface area contributed by atoms with Crippen molar-refractivity contribution in [3.63, 3.8) is 0 Å². The van der Waals surface area contributed by atoms with Crippen LogP contribution in [-0.4, -0.2) is 19.7 Å². The Bertz CT molecular complexity index is 386. The molecule has 0 aliphatic rings. The average molecular weight is 175 g/mol. The highest BCUT2D eigenvalue weighted by molar-refractivity contribution is 5.53. The first kappa shape index (κ1) is 7.72. The Kier molecular flexibility index (Phi) is 1.70. The van der Waals surface area contributed by atoms with Gasteiger partial charge in [0.25, 0.3) is 0 Å². The molecule has 0 amide bonds. The zero-order chi connectivity index (χ0) is 9.26. The molecule has 0 aliphatic carbocycles. The molecule has 2 heterocycles. The first-order valence-electron chi connectivity index (χ1n) is 3.84. The summed E-state index contributed by atoms with van der Waals surface area (Å²) < 4.78 is 1.53. The molecular formula is C8H9N5. The fourth-order valence-corrected chi connectivity index (χ4v) is 1.01. The lowest BCUT2D eigenvalue weighted by molar-refractivity contribution is 0.780. The molecule has 2 rings (SSSR count). The van der Waals surface area contributed by atoms with Gasteiger partial charge in [-0.15, -0.1) is 5.10 Å². The smallest absolute Gasteiger partial charge is 0.218 e. The highest BCUT2D eigenvalue weighted by Crippen LogP contribution is 2.13. The van der Waals surface area contributed by atoms with Crippen LogP contribution in [0.1, 0.15) is 0 Å². The second-order valence-corrected chi connectivity index (χ2v) is 2.66. The van der Waals surface area contributed by atoms with Gasteiger partial charge in [-0.25, -0.2) is 4.68 Å². The van der Waals surface area contributed by atoms with E-state index in [-0.39, 0.29) is 0 Å². The van der Waals surface area contributed by atoms with E-state index < -0.39 is 0 Å². The number of nitrogens with two attached hydrogens (primary N) is 1. The fraction of sp³-hybridized carbons (Fsp3) is 0.125. The molecule has 0 aliphatic heterocycles. The van der Waals surface area contributed by atoms with Crippen molar-refractivity contribution in [2.45, 2.75) is 0 Å². The van der Waals surface area contributed by atoms with Crippen LogP contribution in [0.5, 0.6) is 0 Å². The van der Waals surface area contributed by atoms with Gasteiger partial charge >= 0.3 is 0 Å². The average Bonchev–Trinajstić information content (AvgIpc) is 2.49. The van der Waals surface area contributed by atoms with Crippen LogP contribution in [0.2, 0.25) is 0 Å². The summed E-state index contributed by atoms with van der Waals surface area (Å²) in [6.45, 7) is 0. The topological polar surface area (TPSA) is 69.6 Å². The molecule has 0 atom stereocenters. The van der Waals surface area contributed by atoms with Crippen molar-refractivity contribution in [2.75, 3.05) is 5.73 Å². The number of hydrogen-bond acceptors (Lipinski definition) is 4. The number of hydrogen-bond donors (Lipinski definition) is 1. The van der Waals surface area contributed by atoms with Gasteiger partial charge in [0.2, 0.25) is 5.95 Å². The number of nitrogen functional groups attached to an aromatic ring is 1. The van der Waals surface area contributed by atoms with Crippen molar-refractivity contribution in [1.29, 1.82) is 0 Å². The number of rotatable bonds is 1. The maximum Gasteiger partial charge on any atom is 0.218 e. The zero-order valence-electron chi connectivity index (χ0n) is 7.18. The summed E-state index contributed by atoms with van der Waals surface area (Å²) in [5, 5.41) is 4.12. The number of anilines is 1. The van der Waals surface area contributed by atoms with E-state index in [2.05, 4.69) is 15.1 Å². The minimum Gasteiger partial charge on any atom is -0.368 e. The maximum absolute atomic E-state index is 5.55. The largest absolute Gasteiger partial charge is 0.368 e. The summed E-state index contributed by atoms with van der Waals surface area (Å²) in [5.74, 6) is 1.01. The molecule has 0 radical (unpaired) electrons. The third-order valence-electron chi connectivity index (χ3n) is 1.72. The summed E-state index contributed by atoms with van der Waals surface area (Å²) >= 11 is 0. The summed E-state index contributed by atoms with van der Waals surface area (Å²) in [4.78, 5) is 8.04. The molecule has 0 aromatic carbocycles. The van der Waals surface area contributed by atoms with Crippen LogP contribution >= 0.6 is 0 Å². The Balaban J connectivity index is 2.48. The van der Waals surface area contributed by atoms with Crippen molar-refractivity contribution < 1.29 is 0 Å². The van der Waals surface area contributed by atoms with Gasteiger partial charge < -0.3 is 5.73 Å². The molecule has 2 aromatic heterocycles. The molecule has 0 unspecified atom stereocenters. The first-order valence-corrected chi connectivity index (χ1v) is 3.84. The Hall–Kier alpha value is -1.91. The van der Waals surface area contributed by atoms with Gasteiger partial charge in [-0.3, -0.25) is 4.98 Å². The molecule has 5 nitrogen and oxygen atoms in total. The first-order chi connectivity index (χ1) is 6.27. The van der Waals surface area contributed by atoms with Gasteiger partial charge in [0.1, 0.15) is 0 Å². The van der Waals surface area contributed by atoms with E-state index in [1.807, 2.05) is 12.1 Å². The lowest BCUT2D eigenvalue weighted by Crippen LogP contribution is -1.97. The lowest BCUT2D eigenvalue weighted by Gasteiger charge is -1.90. The van der Waals surface area contributed by atoms with Gasteiger partial charge in [-0.2, -0.15) is 4.98 Å². The van der Waals surface area contributed by atoms with Crippen molar-refractivity contribution in [3.05, 3.63) is 24.5 Å². The second-order valence-electron chi connectivity index (χ2n) is 2.66. The third-order valence-corrected chi connectivity index (χ3v) is 1.72. The zero-order valence-corrected chi connectivity index (χ0v) is 7.18. The number of aryl methyl sites for hydroxylation is 1. The van der Waals surface area contributed by atoms with E-state index in [1.165, 1.54) is 4.68 Å². The molecule has 66 valence electrons. The fourth-order valence-electron chi connectivity index (χ4n) is 1.01. The molecular weight excluding hydrogens is 166 g/mol. The lowest BCUT2D eigenvalue weighted by atomic mass is 10.3. The predicted molar refractivity (Wildman–Crippen MR) is 48.6 cm³/mol. The summed E-state index contributed by atoms with van der Waals surface area (Å²) in [6, 6.07) is 3.73. The van der Waals surface area contributed by atoms with E-state index in [0.717, 1.165) is 5.56 Å². The van der Waals surface area contributed by atoms with Gasteiger partial charge in [0, 0.05) is 25.0 Å². The molecule has 2 N–H and O–H groups in total. The molecule has 0 spiro atoms. The van der Waals surface area contributed by atoms with Gasteiger partial charge in [-0.1, -0.05) is 0 Å². The van der Waals surface area contributed by atoms with Crippen LogP contribution in [-0.2, 0) is 7.05 Å². The molecule has 0 bridgehead atoms. The van der Waals surface area contributed by atoms with Crippen molar-refractivity contribution >= 4 is 5.95 Å². The molecule has 0 saturated heterocycles. The van der Waals surface area contributed by atoms with E-state index in [9.17, 15) is 0 Å². The molecule has 5 heteroatoms. The standard InChI is InChI=1S/C8H9N5/c1-13-8(9)11-7(12-13)6-3-2-4-10-5-6/h2-5H,1H3,(H2,9,11,12). The monoisotopic (exact) mass is 175 g/mol. The SMILES string of the molecule is Cn1nc(-c2cccnc2)nc1N. The third kappa shape index (κ3) is 1.35. The Morgan fingerprint density at radius 1 is 1.46 bits per heavy atom. The van der Waals surface area contributed by atoms with E-state index >= 15 is 0 Å². The van der Waals surface area contributed by atoms with Crippen LogP contribution in [0.25, 0.3) is 11.4 Å². The van der Waals surface area contributed by atoms with Crippen LogP contribution in [0.4, 0.5) is 5.95 Å². The van der Waals surface area contributed by atoms with Crippen LogP contribution in [0, 0.1) is 0 Å². The van der Waals surface area contributed by atoms with E-state index in [0.29, 0.717) is 11.8 Å². The van der Waals surface area contributed by atoms with Crippen LogP contribution in [0.15, 0.2) is 24.5 Å². The van der Waals surface area contributed by atoms with Crippen molar-refractivity contribution in [2.24, 2.45) is 7.05 Å². The molecule has 0 fully saturated rings. The van der Waals surface area contributed by atoms with Gasteiger partial charge in [0.05, 0.1) is 0 Å². The highest BCUT2D eigenvalue weighted by Gasteiger charge is 2.05. The van der Waals surface area contributed by atoms with E-state index in [1.54, 1.807) is 19.4 Å². The second kappa shape index (κ2) is 2.85. The van der Waals surface area contributed by atoms with E-state index in [4.69, 9.17) is 5.73 Å². The maximum atomic E-state index is 5.55. The highest BCUT2D eigenvalue weighted by atomic mass is 15.4. The van der Waals surface area contributed by atoms with Crippen molar-refractivity contribution in [1.82, 2.24) is 19.7 Å². The predicted octanol–water partition coefficient (Wildman–Crippen LogP) is 0.459. The summed E-state index contributed by atoms with van der Waals surface area (Å²) in [5.41, 5.74) is 6.42. The Morgan fingerprint density at radius 3 is 2.85 bits per heavy atom. The minimum absolute atomic E-state index is 0.402. The number of aromatic nitrogens is 4. The van der Waals surface area contributed by atoms with Crippen LogP contribution in [0.3, 0.4) is 0 Å². The van der Waals surface area contributed by atoms with Crippen LogP contribution < -0.4 is 5.73 Å². The van der Waals surface area contributed by atoms with Gasteiger partial charge in [0.15, 0.2) is 5.82 Å². The Labute approximate surface area is 75.2 Å². The minimum atomic E-state index is 0.402.